The van der Waals surface area contributed by atoms with Gasteiger partial charge in [-0.2, -0.15) is 0 Å². The molecule has 1 unspecified atom stereocenters. The Hall–Kier alpha value is -1.01. The Bertz CT molecular complexity index is 312. The third kappa shape index (κ3) is 3.04. The number of aromatic nitrogens is 1. The largest absolute Gasteiger partial charge is 0.476 e. The summed E-state index contributed by atoms with van der Waals surface area (Å²) in [6.07, 6.45) is 0. The topological polar surface area (TPSA) is 83.6 Å². The van der Waals surface area contributed by atoms with E-state index in [1.165, 1.54) is 17.8 Å². The highest BCUT2D eigenvalue weighted by Crippen LogP contribution is 2.17. The minimum atomic E-state index is -1.10. The predicted octanol–water partition coefficient (Wildman–Crippen LogP) is 0.987. The summed E-state index contributed by atoms with van der Waals surface area (Å²) in [6, 6.07) is 1.39. The number of carboxylic acid groups (broad SMARTS) is 1. The first-order chi connectivity index (χ1) is 6.63. The molecule has 5 nitrogen and oxygen atoms in total. The number of rotatable bonds is 5. The van der Waals surface area contributed by atoms with Gasteiger partial charge in [0.05, 0.1) is 12.4 Å². The molecule has 0 aliphatic heterocycles. The molecule has 0 radical (unpaired) electrons. The number of carbonyl (C=O) groups is 1. The average molecular weight is 217 g/mol. The first-order valence-corrected chi connectivity index (χ1v) is 5.09. The molecule has 78 valence electrons. The molecule has 0 aliphatic rings. The first kappa shape index (κ1) is 11.1. The van der Waals surface area contributed by atoms with Gasteiger partial charge in [-0.1, -0.05) is 12.1 Å². The summed E-state index contributed by atoms with van der Waals surface area (Å²) in [5.74, 6) is -0.0740. The minimum Gasteiger partial charge on any atom is -0.476 e. The highest BCUT2D eigenvalue weighted by molar-refractivity contribution is 7.99. The van der Waals surface area contributed by atoms with Crippen LogP contribution in [0.2, 0.25) is 0 Å². The van der Waals surface area contributed by atoms with E-state index in [4.69, 9.17) is 14.7 Å². The van der Waals surface area contributed by atoms with Crippen LogP contribution < -0.4 is 0 Å². The second-order valence-electron chi connectivity index (χ2n) is 2.79. The van der Waals surface area contributed by atoms with Crippen LogP contribution in [0.5, 0.6) is 0 Å². The number of thioether (sulfide) groups is 1. The van der Waals surface area contributed by atoms with Crippen LogP contribution in [-0.4, -0.2) is 33.2 Å². The van der Waals surface area contributed by atoms with E-state index in [1.54, 1.807) is 0 Å². The van der Waals surface area contributed by atoms with E-state index in [0.717, 1.165) is 0 Å². The van der Waals surface area contributed by atoms with E-state index < -0.39 is 5.97 Å². The Morgan fingerprint density at radius 2 is 2.50 bits per heavy atom. The lowest BCUT2D eigenvalue weighted by Crippen LogP contribution is -2.01. The minimum absolute atomic E-state index is 0.0859. The van der Waals surface area contributed by atoms with Crippen LogP contribution in [0.1, 0.15) is 23.2 Å². The maximum absolute atomic E-state index is 10.4. The van der Waals surface area contributed by atoms with Crippen LogP contribution >= 0.6 is 11.8 Å². The number of nitrogens with zero attached hydrogens (tertiary/aromatic N) is 1. The van der Waals surface area contributed by atoms with Crippen molar-refractivity contribution >= 4 is 17.7 Å². The maximum Gasteiger partial charge on any atom is 0.358 e. The van der Waals surface area contributed by atoms with Gasteiger partial charge < -0.3 is 14.7 Å². The Morgan fingerprint density at radius 3 is 3.00 bits per heavy atom. The van der Waals surface area contributed by atoms with Crippen LogP contribution in [0.4, 0.5) is 0 Å². The molecule has 0 aliphatic carbocycles. The van der Waals surface area contributed by atoms with Crippen LogP contribution in [0.15, 0.2) is 10.6 Å². The van der Waals surface area contributed by atoms with Crippen molar-refractivity contribution in [2.75, 3.05) is 6.61 Å². The highest BCUT2D eigenvalue weighted by atomic mass is 32.2. The molecule has 1 aromatic rings. The normalized spacial score (nSPS) is 12.7. The maximum atomic E-state index is 10.4. The smallest absolute Gasteiger partial charge is 0.358 e. The van der Waals surface area contributed by atoms with Gasteiger partial charge in [-0.25, -0.2) is 4.79 Å². The quantitative estimate of drug-likeness (QED) is 0.765. The summed E-state index contributed by atoms with van der Waals surface area (Å²) in [6.45, 7) is 1.96. The fourth-order valence-electron chi connectivity index (χ4n) is 0.759. The van der Waals surface area contributed by atoms with Crippen molar-refractivity contribution in [1.29, 1.82) is 0 Å². The molecule has 0 amide bonds. The Morgan fingerprint density at radius 1 is 1.79 bits per heavy atom. The third-order valence-electron chi connectivity index (χ3n) is 1.55. The molecular formula is C8H11NO4S. The van der Waals surface area contributed by atoms with Gasteiger partial charge >= 0.3 is 5.97 Å². The van der Waals surface area contributed by atoms with Crippen molar-refractivity contribution in [3.8, 4) is 0 Å². The molecule has 1 aromatic heterocycles. The first-order valence-electron chi connectivity index (χ1n) is 4.05. The van der Waals surface area contributed by atoms with Crippen LogP contribution in [0.3, 0.4) is 0 Å². The SMILES string of the molecule is CC(CO)SCc1cc(C(=O)O)no1. The highest BCUT2D eigenvalue weighted by Gasteiger charge is 2.11. The standard InChI is InChI=1S/C8H11NO4S/c1-5(3-10)14-4-6-2-7(8(11)12)9-13-6/h2,5,10H,3-4H2,1H3,(H,11,12). The summed E-state index contributed by atoms with van der Waals surface area (Å²) in [4.78, 5) is 10.4. The molecule has 6 heteroatoms. The fourth-order valence-corrected chi connectivity index (χ4v) is 1.45. The Balaban J connectivity index is 2.48. The van der Waals surface area contributed by atoms with Crippen molar-refractivity contribution in [3.05, 3.63) is 17.5 Å². The zero-order valence-corrected chi connectivity index (χ0v) is 8.45. The zero-order chi connectivity index (χ0) is 10.6. The summed E-state index contributed by atoms with van der Waals surface area (Å²) in [7, 11) is 0. The van der Waals surface area contributed by atoms with Gasteiger partial charge in [0.1, 0.15) is 5.76 Å². The summed E-state index contributed by atoms with van der Waals surface area (Å²) in [5, 5.41) is 20.8. The third-order valence-corrected chi connectivity index (χ3v) is 2.71. The monoisotopic (exact) mass is 217 g/mol. The second-order valence-corrected chi connectivity index (χ2v) is 4.21. The molecule has 1 rings (SSSR count). The van der Waals surface area contributed by atoms with Crippen molar-refractivity contribution < 1.29 is 19.5 Å². The number of carboxylic acids is 1. The molecular weight excluding hydrogens is 206 g/mol. The Labute approximate surface area is 85.1 Å². The molecule has 0 aromatic carbocycles. The van der Waals surface area contributed by atoms with E-state index >= 15 is 0 Å². The van der Waals surface area contributed by atoms with Crippen LogP contribution in [-0.2, 0) is 5.75 Å². The van der Waals surface area contributed by atoms with E-state index in [2.05, 4.69) is 5.16 Å². The van der Waals surface area contributed by atoms with Gasteiger partial charge in [-0.05, 0) is 0 Å². The van der Waals surface area contributed by atoms with Gasteiger partial charge in [0, 0.05) is 11.3 Å². The molecule has 0 saturated carbocycles. The second kappa shape index (κ2) is 5.02. The predicted molar refractivity (Wildman–Crippen MR) is 51.3 cm³/mol. The summed E-state index contributed by atoms with van der Waals surface area (Å²) < 4.78 is 4.79. The van der Waals surface area contributed by atoms with E-state index in [9.17, 15) is 4.79 Å². The summed E-state index contributed by atoms with van der Waals surface area (Å²) >= 11 is 1.48. The van der Waals surface area contributed by atoms with Gasteiger partial charge in [-0.15, -0.1) is 11.8 Å². The molecule has 1 heterocycles. The fraction of sp³-hybridized carbons (Fsp3) is 0.500. The Kier molecular flexibility index (Phi) is 3.97. The van der Waals surface area contributed by atoms with Gasteiger partial charge in [0.25, 0.3) is 0 Å². The lowest BCUT2D eigenvalue weighted by Gasteiger charge is -2.03. The lowest BCUT2D eigenvalue weighted by atomic mass is 10.4. The molecule has 14 heavy (non-hydrogen) atoms. The van der Waals surface area contributed by atoms with Crippen molar-refractivity contribution in [2.45, 2.75) is 17.9 Å². The van der Waals surface area contributed by atoms with Gasteiger partial charge in [0.2, 0.25) is 0 Å². The molecule has 1 atom stereocenters. The summed E-state index contributed by atoms with van der Waals surface area (Å²) in [5.41, 5.74) is -0.0859. The number of hydrogen-bond acceptors (Lipinski definition) is 5. The molecule has 0 fully saturated rings. The van der Waals surface area contributed by atoms with Crippen molar-refractivity contribution in [2.24, 2.45) is 0 Å². The lowest BCUT2D eigenvalue weighted by molar-refractivity contribution is 0.0685. The molecule has 0 bridgehead atoms. The number of aliphatic hydroxyl groups is 1. The zero-order valence-electron chi connectivity index (χ0n) is 7.64. The van der Waals surface area contributed by atoms with Gasteiger partial charge in [-0.3, -0.25) is 0 Å². The van der Waals surface area contributed by atoms with E-state index in [1.807, 2.05) is 6.92 Å². The van der Waals surface area contributed by atoms with E-state index in [-0.39, 0.29) is 17.6 Å². The molecule has 2 N–H and O–H groups in total. The van der Waals surface area contributed by atoms with Crippen LogP contribution in [0.25, 0.3) is 0 Å². The number of hydrogen-bond donors (Lipinski definition) is 2. The number of aromatic carboxylic acids is 1. The van der Waals surface area contributed by atoms with Crippen LogP contribution in [0, 0.1) is 0 Å². The van der Waals surface area contributed by atoms with E-state index in [0.29, 0.717) is 11.5 Å². The van der Waals surface area contributed by atoms with Crippen molar-refractivity contribution in [3.63, 3.8) is 0 Å². The van der Waals surface area contributed by atoms with Crippen molar-refractivity contribution in [1.82, 2.24) is 5.16 Å². The number of aliphatic hydroxyl groups excluding tert-OH is 1. The molecule has 0 spiro atoms. The average Bonchev–Trinajstić information content (AvgIpc) is 2.62. The van der Waals surface area contributed by atoms with Gasteiger partial charge in [0.15, 0.2) is 5.69 Å². The molecule has 0 saturated heterocycles.